The standard InChI is InChI=1S/C18H19N7O10S2.Na.H/c1-34-23-12(11-7-36-18(19)21-11)15(27)22-13-14(24(17(13)28)37(31,32)33)16(20-8-26)35-6-9-2-4-10(5-3-9)25(29)30;;/h2-5,7-8,13-14,16H,6H2,1H3,(H2,19,21)(H,20,26)(H,22,27)(H,31,32,33);;/b23-12-;;. The summed E-state index contributed by atoms with van der Waals surface area (Å²) < 4.78 is 38.8. The number of nitrogens with zero attached hydrogens (tertiary/aromatic N) is 4. The molecule has 2 aromatic rings. The molecule has 1 saturated heterocycles. The number of nitrogen functional groups attached to an aromatic ring is 1. The number of amides is 3. The van der Waals surface area contributed by atoms with Crippen molar-refractivity contribution in [3.63, 3.8) is 0 Å². The van der Waals surface area contributed by atoms with E-state index in [1.165, 1.54) is 29.6 Å². The molecule has 2 heterocycles. The van der Waals surface area contributed by atoms with Gasteiger partial charge in [0.05, 0.1) is 11.5 Å². The van der Waals surface area contributed by atoms with Gasteiger partial charge in [-0.2, -0.15) is 8.42 Å². The number of carbonyl (C=O) groups is 3. The second-order valence-corrected chi connectivity index (χ2v) is 9.37. The van der Waals surface area contributed by atoms with Crippen LogP contribution in [-0.2, 0) is 40.9 Å². The van der Waals surface area contributed by atoms with E-state index < -0.39 is 45.4 Å². The van der Waals surface area contributed by atoms with Gasteiger partial charge < -0.3 is 25.9 Å². The number of nitro groups is 1. The third-order valence-corrected chi connectivity index (χ3v) is 6.51. The number of anilines is 1. The summed E-state index contributed by atoms with van der Waals surface area (Å²) in [5.74, 6) is -2.24. The van der Waals surface area contributed by atoms with Crippen molar-refractivity contribution in [3.05, 3.63) is 51.0 Å². The quantitative estimate of drug-likeness (QED) is 0.0314. The molecule has 0 saturated carbocycles. The first-order valence-electron chi connectivity index (χ1n) is 9.96. The molecule has 17 nitrogen and oxygen atoms in total. The molecule has 1 aliphatic rings. The van der Waals surface area contributed by atoms with Gasteiger partial charge in [0.25, 0.3) is 17.5 Å². The predicted octanol–water partition coefficient (Wildman–Crippen LogP) is -1.88. The van der Waals surface area contributed by atoms with E-state index in [0.717, 1.165) is 18.4 Å². The van der Waals surface area contributed by atoms with E-state index >= 15 is 0 Å². The molecule has 1 aliphatic heterocycles. The van der Waals surface area contributed by atoms with Gasteiger partial charge >= 0.3 is 39.9 Å². The van der Waals surface area contributed by atoms with E-state index in [9.17, 15) is 37.5 Å². The van der Waals surface area contributed by atoms with Gasteiger partial charge in [0, 0.05) is 17.5 Å². The van der Waals surface area contributed by atoms with E-state index in [2.05, 4.69) is 25.6 Å². The summed E-state index contributed by atoms with van der Waals surface area (Å²) in [6, 6.07) is 1.87. The van der Waals surface area contributed by atoms with Crippen LogP contribution in [0.5, 0.6) is 0 Å². The molecule has 3 atom stereocenters. The minimum atomic E-state index is -5.13. The Balaban J connectivity index is 0.00000507. The molecule has 38 heavy (non-hydrogen) atoms. The molecule has 3 unspecified atom stereocenters. The van der Waals surface area contributed by atoms with Crippen molar-refractivity contribution in [2.75, 3.05) is 12.8 Å². The number of ether oxygens (including phenoxy) is 1. The zero-order valence-corrected chi connectivity index (χ0v) is 20.3. The number of hydrogen-bond donors (Lipinski definition) is 4. The Labute approximate surface area is 240 Å². The van der Waals surface area contributed by atoms with Crippen molar-refractivity contribution in [2.24, 2.45) is 5.16 Å². The van der Waals surface area contributed by atoms with Crippen LogP contribution in [0.15, 0.2) is 34.8 Å². The number of aromatic nitrogens is 1. The van der Waals surface area contributed by atoms with E-state index in [-0.39, 0.29) is 69.1 Å². The third kappa shape index (κ3) is 7.01. The Kier molecular flexibility index (Phi) is 10.6. The van der Waals surface area contributed by atoms with Crippen LogP contribution in [0.2, 0.25) is 0 Å². The normalized spacial score (nSPS) is 18.0. The molecule has 0 radical (unpaired) electrons. The van der Waals surface area contributed by atoms with Crippen LogP contribution in [0.3, 0.4) is 0 Å². The van der Waals surface area contributed by atoms with Crippen LogP contribution in [-0.4, -0.2) is 106 Å². The number of nitrogens with two attached hydrogens (primary N) is 1. The number of nitrogens with one attached hydrogen (secondary N) is 2. The Morgan fingerprint density at radius 1 is 1.42 bits per heavy atom. The van der Waals surface area contributed by atoms with Crippen molar-refractivity contribution < 1.29 is 41.9 Å². The number of non-ortho nitro benzene ring substituents is 1. The molecular weight excluding hydrogens is 561 g/mol. The molecule has 0 aliphatic carbocycles. The SMILES string of the molecule is CO/N=C(\C(=O)NC1C(=O)N(S(=O)(=O)O)C1C(NC=O)OCc1ccc([N+](=O)[O-])cc1)c1csc(N)n1.[NaH]. The van der Waals surface area contributed by atoms with Crippen LogP contribution in [0.1, 0.15) is 11.3 Å². The maximum absolute atomic E-state index is 12.9. The minimum absolute atomic E-state index is 0. The molecule has 1 aromatic carbocycles. The van der Waals surface area contributed by atoms with Crippen molar-refractivity contribution in [2.45, 2.75) is 24.9 Å². The summed E-state index contributed by atoms with van der Waals surface area (Å²) in [7, 11) is -3.99. The zero-order valence-electron chi connectivity index (χ0n) is 18.7. The van der Waals surface area contributed by atoms with Crippen molar-refractivity contribution in [1.29, 1.82) is 0 Å². The summed E-state index contributed by atoms with van der Waals surface area (Å²) in [5, 5.41) is 20.3. The van der Waals surface area contributed by atoms with Crippen LogP contribution in [0.4, 0.5) is 10.8 Å². The first-order chi connectivity index (χ1) is 17.5. The number of rotatable bonds is 12. The maximum atomic E-state index is 12.9. The fourth-order valence-corrected chi connectivity index (χ4v) is 4.74. The van der Waals surface area contributed by atoms with Crippen LogP contribution in [0, 0.1) is 10.1 Å². The number of oxime groups is 1. The summed E-state index contributed by atoms with van der Waals surface area (Å²) in [4.78, 5) is 55.4. The van der Waals surface area contributed by atoms with Crippen molar-refractivity contribution in [3.8, 4) is 0 Å². The second kappa shape index (κ2) is 13.0. The van der Waals surface area contributed by atoms with Gasteiger partial charge in [-0.15, -0.1) is 11.3 Å². The fourth-order valence-electron chi connectivity index (χ4n) is 3.31. The van der Waals surface area contributed by atoms with Gasteiger partial charge in [0.2, 0.25) is 6.41 Å². The topological polar surface area (TPSA) is 246 Å². The molecule has 3 rings (SSSR count). The predicted molar refractivity (Wildman–Crippen MR) is 132 cm³/mol. The average Bonchev–Trinajstić information content (AvgIpc) is 3.27. The van der Waals surface area contributed by atoms with E-state index in [0.29, 0.717) is 5.56 Å². The molecule has 1 aromatic heterocycles. The van der Waals surface area contributed by atoms with Gasteiger partial charge in [0.1, 0.15) is 24.9 Å². The molecule has 0 bridgehead atoms. The Morgan fingerprint density at radius 3 is 2.58 bits per heavy atom. The number of nitro benzene ring substituents is 1. The number of β-lactam (4-membered cyclic amide) rings is 1. The Bertz CT molecular complexity index is 1340. The van der Waals surface area contributed by atoms with Gasteiger partial charge in [-0.25, -0.2) is 9.29 Å². The van der Waals surface area contributed by atoms with Gasteiger partial charge in [-0.05, 0) is 17.7 Å². The monoisotopic (exact) mass is 581 g/mol. The van der Waals surface area contributed by atoms with Crippen LogP contribution >= 0.6 is 11.3 Å². The third-order valence-electron chi connectivity index (χ3n) is 4.91. The van der Waals surface area contributed by atoms with Crippen LogP contribution in [0.25, 0.3) is 0 Å². The number of carbonyl (C=O) groups excluding carboxylic acids is 3. The van der Waals surface area contributed by atoms with Gasteiger partial charge in [-0.3, -0.25) is 29.1 Å². The van der Waals surface area contributed by atoms with E-state index in [1.807, 2.05) is 0 Å². The van der Waals surface area contributed by atoms with E-state index in [4.69, 9.17) is 10.5 Å². The molecule has 1 fully saturated rings. The Hall–Kier alpha value is -3.20. The number of thiazole rings is 1. The molecular formula is C18H20N7NaO10S2. The first kappa shape index (κ1) is 31.0. The van der Waals surface area contributed by atoms with Crippen LogP contribution < -0.4 is 16.4 Å². The summed E-state index contributed by atoms with van der Waals surface area (Å²) >= 11 is 0.994. The molecule has 200 valence electrons. The zero-order chi connectivity index (χ0) is 27.3. The average molecular weight is 582 g/mol. The summed E-state index contributed by atoms with van der Waals surface area (Å²) in [6.45, 7) is -0.303. The number of hydrogen-bond acceptors (Lipinski definition) is 13. The Morgan fingerprint density at radius 2 is 2.08 bits per heavy atom. The summed E-state index contributed by atoms with van der Waals surface area (Å²) in [6.07, 6.45) is -1.41. The molecule has 5 N–H and O–H groups in total. The summed E-state index contributed by atoms with van der Waals surface area (Å²) in [5.41, 5.74) is 5.39. The van der Waals surface area contributed by atoms with E-state index in [1.54, 1.807) is 0 Å². The molecule has 20 heteroatoms. The number of benzene rings is 1. The first-order valence-corrected chi connectivity index (χ1v) is 12.2. The molecule has 3 amide bonds. The second-order valence-electron chi connectivity index (χ2n) is 7.19. The van der Waals surface area contributed by atoms with Gasteiger partial charge in [-0.1, -0.05) is 5.16 Å². The van der Waals surface area contributed by atoms with Crippen molar-refractivity contribution in [1.82, 2.24) is 19.9 Å². The van der Waals surface area contributed by atoms with Crippen molar-refractivity contribution >= 4 is 86.0 Å². The molecule has 0 spiro atoms. The van der Waals surface area contributed by atoms with Gasteiger partial charge in [0.15, 0.2) is 17.1 Å². The fraction of sp³-hybridized carbons (Fsp3) is 0.278.